The van der Waals surface area contributed by atoms with E-state index in [2.05, 4.69) is 39.0 Å². The molecule has 0 amide bonds. The molecule has 1 aliphatic heterocycles. The Morgan fingerprint density at radius 3 is 2.68 bits per heavy atom. The van der Waals surface area contributed by atoms with Crippen LogP contribution in [0.3, 0.4) is 0 Å². The molecule has 0 bridgehead atoms. The van der Waals surface area contributed by atoms with Crippen LogP contribution in [0, 0.1) is 5.41 Å². The number of nitrogens with two attached hydrogens (primary N) is 1. The van der Waals surface area contributed by atoms with Crippen LogP contribution in [-0.2, 0) is 6.54 Å². The van der Waals surface area contributed by atoms with Crippen LogP contribution in [0.4, 0.5) is 8.78 Å². The Hall–Kier alpha value is -2.13. The van der Waals surface area contributed by atoms with Crippen LogP contribution in [0.5, 0.6) is 5.75 Å². The monoisotopic (exact) mass is 352 g/mol. The molecule has 1 saturated heterocycles. The zero-order valence-corrected chi connectivity index (χ0v) is 14.3. The van der Waals surface area contributed by atoms with E-state index < -0.39 is 6.61 Å². The lowest BCUT2D eigenvalue weighted by atomic mass is 9.80. The van der Waals surface area contributed by atoms with Crippen LogP contribution in [0.1, 0.15) is 26.1 Å². The summed E-state index contributed by atoms with van der Waals surface area (Å²) in [5.41, 5.74) is 6.90. The van der Waals surface area contributed by atoms with E-state index in [1.54, 1.807) is 16.8 Å². The van der Waals surface area contributed by atoms with E-state index in [1.807, 2.05) is 0 Å². The van der Waals surface area contributed by atoms with Gasteiger partial charge in [-0.1, -0.05) is 13.8 Å². The van der Waals surface area contributed by atoms with Crippen molar-refractivity contribution in [3.05, 3.63) is 30.1 Å². The molecule has 3 rings (SSSR count). The largest absolute Gasteiger partial charge is 0.435 e. The van der Waals surface area contributed by atoms with Crippen LogP contribution < -0.4 is 10.5 Å². The van der Waals surface area contributed by atoms with E-state index in [4.69, 9.17) is 5.73 Å². The van der Waals surface area contributed by atoms with Crippen molar-refractivity contribution in [3.8, 4) is 11.4 Å². The number of hydrogen-bond donors (Lipinski definition) is 1. The molecule has 0 radical (unpaired) electrons. The summed E-state index contributed by atoms with van der Waals surface area (Å²) in [6.07, 6.45) is 0.925. The molecule has 2 aromatic rings. The number of alkyl halides is 2. The SMILES string of the molecule is CC1(C)CN(Cc2nnnn2-c2ccc(OC(F)F)cc2)CCC1N. The number of tetrazole rings is 1. The van der Waals surface area contributed by atoms with Crippen molar-refractivity contribution >= 4 is 0 Å². The summed E-state index contributed by atoms with van der Waals surface area (Å²) in [5, 5.41) is 11.9. The van der Waals surface area contributed by atoms with Gasteiger partial charge in [0.15, 0.2) is 5.82 Å². The number of ether oxygens (including phenoxy) is 1. The fourth-order valence-corrected chi connectivity index (χ4v) is 3.09. The Labute approximate surface area is 144 Å². The number of nitrogens with zero attached hydrogens (tertiary/aromatic N) is 5. The summed E-state index contributed by atoms with van der Waals surface area (Å²) in [4.78, 5) is 2.28. The van der Waals surface area contributed by atoms with Crippen LogP contribution in [0.15, 0.2) is 24.3 Å². The third kappa shape index (κ3) is 4.10. The van der Waals surface area contributed by atoms with Crippen LogP contribution in [0.25, 0.3) is 5.69 Å². The number of halogens is 2. The van der Waals surface area contributed by atoms with E-state index in [9.17, 15) is 8.78 Å². The molecule has 1 aromatic carbocycles. The van der Waals surface area contributed by atoms with Gasteiger partial charge >= 0.3 is 6.61 Å². The first-order chi connectivity index (χ1) is 11.8. The Morgan fingerprint density at radius 1 is 1.32 bits per heavy atom. The zero-order chi connectivity index (χ0) is 18.0. The molecule has 7 nitrogen and oxygen atoms in total. The highest BCUT2D eigenvalue weighted by molar-refractivity contribution is 5.37. The lowest BCUT2D eigenvalue weighted by molar-refractivity contribution is -0.0498. The summed E-state index contributed by atoms with van der Waals surface area (Å²) in [5.74, 6) is 0.786. The molecule has 1 fully saturated rings. The van der Waals surface area contributed by atoms with Crippen LogP contribution in [0.2, 0.25) is 0 Å². The summed E-state index contributed by atoms with van der Waals surface area (Å²) >= 11 is 0. The van der Waals surface area contributed by atoms with Gasteiger partial charge in [-0.15, -0.1) is 5.10 Å². The van der Waals surface area contributed by atoms with Gasteiger partial charge in [0, 0.05) is 19.1 Å². The van der Waals surface area contributed by atoms with Crippen molar-refractivity contribution in [2.45, 2.75) is 39.5 Å². The minimum Gasteiger partial charge on any atom is -0.435 e. The second-order valence-corrected chi connectivity index (χ2v) is 6.97. The molecule has 2 N–H and O–H groups in total. The van der Waals surface area contributed by atoms with Gasteiger partial charge in [-0.05, 0) is 46.5 Å². The normalized spacial score (nSPS) is 20.8. The fraction of sp³-hybridized carbons (Fsp3) is 0.562. The van der Waals surface area contributed by atoms with Crippen LogP contribution in [-0.4, -0.2) is 50.9 Å². The quantitative estimate of drug-likeness (QED) is 0.884. The topological polar surface area (TPSA) is 82.1 Å². The third-order valence-electron chi connectivity index (χ3n) is 4.60. The number of hydrogen-bond acceptors (Lipinski definition) is 6. The Kier molecular flexibility index (Phi) is 4.96. The third-order valence-corrected chi connectivity index (χ3v) is 4.60. The molecule has 0 spiro atoms. The molecule has 0 aliphatic carbocycles. The van der Waals surface area contributed by atoms with Gasteiger partial charge in [-0.3, -0.25) is 4.90 Å². The predicted molar refractivity (Wildman–Crippen MR) is 87.4 cm³/mol. The highest BCUT2D eigenvalue weighted by atomic mass is 19.3. The molecule has 25 heavy (non-hydrogen) atoms. The molecule has 136 valence electrons. The Morgan fingerprint density at radius 2 is 2.04 bits per heavy atom. The van der Waals surface area contributed by atoms with Gasteiger partial charge in [0.1, 0.15) is 5.75 Å². The first-order valence-electron chi connectivity index (χ1n) is 8.15. The second-order valence-electron chi connectivity index (χ2n) is 6.97. The number of piperidine rings is 1. The van der Waals surface area contributed by atoms with Crippen molar-refractivity contribution in [2.24, 2.45) is 11.1 Å². The second kappa shape index (κ2) is 7.01. The number of rotatable bonds is 5. The maximum atomic E-state index is 12.2. The summed E-state index contributed by atoms with van der Waals surface area (Å²) in [6, 6.07) is 6.41. The van der Waals surface area contributed by atoms with E-state index in [1.165, 1.54) is 12.1 Å². The smallest absolute Gasteiger partial charge is 0.387 e. The van der Waals surface area contributed by atoms with Crippen molar-refractivity contribution in [2.75, 3.05) is 13.1 Å². The standard InChI is InChI=1S/C16H22F2N6O/c1-16(2)10-23(8-7-13(16)19)9-14-20-21-22-24(14)11-3-5-12(6-4-11)25-15(17)18/h3-6,13,15H,7-10,19H2,1-2H3. The first-order valence-corrected chi connectivity index (χ1v) is 8.15. The van der Waals surface area contributed by atoms with Gasteiger partial charge in [0.05, 0.1) is 12.2 Å². The maximum Gasteiger partial charge on any atom is 0.387 e. The highest BCUT2D eigenvalue weighted by Gasteiger charge is 2.33. The predicted octanol–water partition coefficient (Wildman–Crippen LogP) is 1.82. The van der Waals surface area contributed by atoms with Crippen LogP contribution >= 0.6 is 0 Å². The van der Waals surface area contributed by atoms with Gasteiger partial charge in [0.25, 0.3) is 0 Å². The lowest BCUT2D eigenvalue weighted by Crippen LogP contribution is -2.52. The van der Waals surface area contributed by atoms with E-state index in [0.717, 1.165) is 19.5 Å². The van der Waals surface area contributed by atoms with Crippen molar-refractivity contribution in [1.82, 2.24) is 25.1 Å². The van der Waals surface area contributed by atoms with Crippen molar-refractivity contribution < 1.29 is 13.5 Å². The molecule has 1 unspecified atom stereocenters. The Balaban J connectivity index is 1.72. The average molecular weight is 352 g/mol. The molecule has 1 atom stereocenters. The fourth-order valence-electron chi connectivity index (χ4n) is 3.09. The van der Waals surface area contributed by atoms with E-state index in [-0.39, 0.29) is 17.2 Å². The zero-order valence-electron chi connectivity index (χ0n) is 14.3. The molecule has 1 aliphatic rings. The van der Waals surface area contributed by atoms with E-state index in [0.29, 0.717) is 18.1 Å². The van der Waals surface area contributed by atoms with Gasteiger partial charge in [-0.2, -0.15) is 13.5 Å². The lowest BCUT2D eigenvalue weighted by Gasteiger charge is -2.42. The summed E-state index contributed by atoms with van der Waals surface area (Å²) in [6.45, 7) is 3.82. The maximum absolute atomic E-state index is 12.2. The molecular formula is C16H22F2N6O. The molecule has 0 saturated carbocycles. The number of benzene rings is 1. The minimum atomic E-state index is -2.84. The van der Waals surface area contributed by atoms with Gasteiger partial charge in [0.2, 0.25) is 0 Å². The average Bonchev–Trinajstić information content (AvgIpc) is 2.99. The summed E-state index contributed by atoms with van der Waals surface area (Å²) < 4.78 is 30.4. The minimum absolute atomic E-state index is 0.0325. The molecule has 2 heterocycles. The molecule has 1 aromatic heterocycles. The van der Waals surface area contributed by atoms with Crippen molar-refractivity contribution in [3.63, 3.8) is 0 Å². The first kappa shape index (κ1) is 17.7. The van der Waals surface area contributed by atoms with Gasteiger partial charge in [-0.25, -0.2) is 0 Å². The van der Waals surface area contributed by atoms with Gasteiger partial charge < -0.3 is 10.5 Å². The molecule has 9 heteroatoms. The van der Waals surface area contributed by atoms with Crippen molar-refractivity contribution in [1.29, 1.82) is 0 Å². The highest BCUT2D eigenvalue weighted by Crippen LogP contribution is 2.28. The Bertz CT molecular complexity index is 703. The number of likely N-dealkylation sites (tertiary alicyclic amines) is 1. The molecular weight excluding hydrogens is 330 g/mol. The van der Waals surface area contributed by atoms with E-state index >= 15 is 0 Å². The number of aromatic nitrogens is 4. The summed E-state index contributed by atoms with van der Waals surface area (Å²) in [7, 11) is 0.